The minimum absolute atomic E-state index is 0.239. The van der Waals surface area contributed by atoms with Gasteiger partial charge in [-0.1, -0.05) is 19.9 Å². The molecule has 0 atom stereocenters. The van der Waals surface area contributed by atoms with Crippen LogP contribution in [0.2, 0.25) is 0 Å². The Balaban J connectivity index is 3.30. The normalized spacial score (nSPS) is 11.1. The van der Waals surface area contributed by atoms with Gasteiger partial charge in [0.2, 0.25) is 0 Å². The molecule has 0 aromatic carbocycles. The molecule has 0 N–H and O–H groups in total. The minimum atomic E-state index is -0.239. The third kappa shape index (κ3) is 9.65. The fourth-order valence-corrected chi connectivity index (χ4v) is 1.84. The molecule has 0 aliphatic carbocycles. The largest absolute Gasteiger partial charge is 0.463 e. The van der Waals surface area contributed by atoms with E-state index in [0.29, 0.717) is 6.61 Å². The zero-order valence-electron chi connectivity index (χ0n) is 9.29. The fourth-order valence-electron chi connectivity index (χ4n) is 0.805. The van der Waals surface area contributed by atoms with Gasteiger partial charge in [-0.15, -0.1) is 0 Å². The summed E-state index contributed by atoms with van der Waals surface area (Å²) in [6.07, 6.45) is 4.60. The third-order valence-electron chi connectivity index (χ3n) is 1.59. The topological polar surface area (TPSA) is 26.3 Å². The fraction of sp³-hybridized carbons (Fsp3) is 0.727. The Morgan fingerprint density at radius 3 is 2.79 bits per heavy atom. The van der Waals surface area contributed by atoms with E-state index in [0.717, 1.165) is 17.4 Å². The first kappa shape index (κ1) is 13.6. The van der Waals surface area contributed by atoms with E-state index in [1.165, 1.54) is 12.5 Å². The highest BCUT2D eigenvalue weighted by molar-refractivity contribution is 7.99. The highest BCUT2D eigenvalue weighted by Gasteiger charge is 1.94. The van der Waals surface area contributed by atoms with Crippen molar-refractivity contribution < 1.29 is 9.53 Å². The van der Waals surface area contributed by atoms with Crippen LogP contribution in [0, 0.1) is 5.92 Å². The Hall–Kier alpha value is -0.440. The lowest BCUT2D eigenvalue weighted by atomic mass is 10.2. The summed E-state index contributed by atoms with van der Waals surface area (Å²) in [6, 6.07) is 0. The second kappa shape index (κ2) is 9.13. The molecule has 0 fully saturated rings. The van der Waals surface area contributed by atoms with Gasteiger partial charge in [-0.25, -0.2) is 4.79 Å². The van der Waals surface area contributed by atoms with Gasteiger partial charge >= 0.3 is 5.97 Å². The van der Waals surface area contributed by atoms with Crippen molar-refractivity contribution in [3.8, 4) is 0 Å². The predicted molar refractivity (Wildman–Crippen MR) is 62.6 cm³/mol. The molecule has 0 aliphatic heterocycles. The molecule has 0 unspecified atom stereocenters. The van der Waals surface area contributed by atoms with Crippen LogP contribution in [0.15, 0.2) is 12.2 Å². The molecule has 0 radical (unpaired) electrons. The number of carbonyl (C=O) groups is 1. The van der Waals surface area contributed by atoms with E-state index in [4.69, 9.17) is 4.74 Å². The summed E-state index contributed by atoms with van der Waals surface area (Å²) in [5.41, 5.74) is 0. The van der Waals surface area contributed by atoms with Crippen LogP contribution >= 0.6 is 11.8 Å². The molecule has 82 valence electrons. The van der Waals surface area contributed by atoms with Crippen LogP contribution < -0.4 is 0 Å². The van der Waals surface area contributed by atoms with Crippen LogP contribution in [0.3, 0.4) is 0 Å². The first-order valence-corrected chi connectivity index (χ1v) is 6.23. The zero-order valence-corrected chi connectivity index (χ0v) is 10.1. The summed E-state index contributed by atoms with van der Waals surface area (Å²) in [6.45, 7) is 6.69. The van der Waals surface area contributed by atoms with Crippen LogP contribution in [0.5, 0.6) is 0 Å². The zero-order chi connectivity index (χ0) is 10.8. The van der Waals surface area contributed by atoms with E-state index >= 15 is 0 Å². The van der Waals surface area contributed by atoms with Gasteiger partial charge in [0.1, 0.15) is 0 Å². The Labute approximate surface area is 91.1 Å². The van der Waals surface area contributed by atoms with Crippen molar-refractivity contribution in [2.75, 3.05) is 18.1 Å². The Kier molecular flexibility index (Phi) is 8.84. The van der Waals surface area contributed by atoms with Crippen LogP contribution in [0.1, 0.15) is 27.2 Å². The minimum Gasteiger partial charge on any atom is -0.463 e. The van der Waals surface area contributed by atoms with Gasteiger partial charge in [0, 0.05) is 11.8 Å². The lowest BCUT2D eigenvalue weighted by molar-refractivity contribution is -0.137. The smallest absolute Gasteiger partial charge is 0.330 e. The molecule has 0 spiro atoms. The van der Waals surface area contributed by atoms with E-state index in [1.807, 2.05) is 24.8 Å². The van der Waals surface area contributed by atoms with E-state index in [9.17, 15) is 4.79 Å². The summed E-state index contributed by atoms with van der Waals surface area (Å²) in [5, 5.41) is 0. The molecule has 0 aliphatic rings. The Morgan fingerprint density at radius 2 is 2.21 bits per heavy atom. The molecule has 2 nitrogen and oxygen atoms in total. The molecular weight excluding hydrogens is 196 g/mol. The summed E-state index contributed by atoms with van der Waals surface area (Å²) >= 11 is 1.85. The lowest BCUT2D eigenvalue weighted by Gasteiger charge is -2.01. The summed E-state index contributed by atoms with van der Waals surface area (Å²) in [7, 11) is 0. The van der Waals surface area contributed by atoms with Gasteiger partial charge in [-0.2, -0.15) is 11.8 Å². The Bertz CT molecular complexity index is 176. The molecule has 0 rings (SSSR count). The molecule has 14 heavy (non-hydrogen) atoms. The molecule has 0 saturated heterocycles. The van der Waals surface area contributed by atoms with Gasteiger partial charge in [0.15, 0.2) is 0 Å². The number of hydrogen-bond donors (Lipinski definition) is 0. The quantitative estimate of drug-likeness (QED) is 0.372. The van der Waals surface area contributed by atoms with Crippen LogP contribution in [0.25, 0.3) is 0 Å². The monoisotopic (exact) mass is 216 g/mol. The van der Waals surface area contributed by atoms with Gasteiger partial charge in [-0.3, -0.25) is 0 Å². The average molecular weight is 216 g/mol. The van der Waals surface area contributed by atoms with Gasteiger partial charge < -0.3 is 4.74 Å². The molecule has 0 heterocycles. The van der Waals surface area contributed by atoms with Crippen molar-refractivity contribution in [1.29, 1.82) is 0 Å². The predicted octanol–water partition coefficient (Wildman–Crippen LogP) is 2.89. The molecule has 0 saturated carbocycles. The van der Waals surface area contributed by atoms with Crippen molar-refractivity contribution in [1.82, 2.24) is 0 Å². The maximum atomic E-state index is 10.9. The van der Waals surface area contributed by atoms with E-state index in [1.54, 1.807) is 0 Å². The van der Waals surface area contributed by atoms with Crippen molar-refractivity contribution in [3.05, 3.63) is 12.2 Å². The van der Waals surface area contributed by atoms with Gasteiger partial charge in [0.05, 0.1) is 6.61 Å². The average Bonchev–Trinajstić information content (AvgIpc) is 2.11. The number of thioether (sulfide) groups is 1. The SMILES string of the molecule is CCOC(=O)/C=C/CSCCC(C)C. The highest BCUT2D eigenvalue weighted by Crippen LogP contribution is 2.08. The number of hydrogen-bond acceptors (Lipinski definition) is 3. The third-order valence-corrected chi connectivity index (χ3v) is 2.55. The summed E-state index contributed by atoms with van der Waals surface area (Å²) in [5.74, 6) is 2.57. The number of rotatable bonds is 7. The summed E-state index contributed by atoms with van der Waals surface area (Å²) < 4.78 is 4.75. The number of ether oxygens (including phenoxy) is 1. The maximum Gasteiger partial charge on any atom is 0.330 e. The standard InChI is InChI=1S/C11H20O2S/c1-4-13-11(12)6-5-8-14-9-7-10(2)3/h5-6,10H,4,7-9H2,1-3H3/b6-5+. The first-order valence-electron chi connectivity index (χ1n) is 5.07. The van der Waals surface area contributed by atoms with E-state index < -0.39 is 0 Å². The number of esters is 1. The second-order valence-electron chi connectivity index (χ2n) is 3.41. The van der Waals surface area contributed by atoms with Gasteiger partial charge in [0.25, 0.3) is 0 Å². The van der Waals surface area contributed by atoms with Crippen LogP contribution in [-0.2, 0) is 9.53 Å². The van der Waals surface area contributed by atoms with Crippen LogP contribution in [-0.4, -0.2) is 24.1 Å². The molecule has 0 bridgehead atoms. The van der Waals surface area contributed by atoms with Crippen LogP contribution in [0.4, 0.5) is 0 Å². The Morgan fingerprint density at radius 1 is 1.50 bits per heavy atom. The van der Waals surface area contributed by atoms with Crippen molar-refractivity contribution in [3.63, 3.8) is 0 Å². The molecule has 0 aromatic rings. The van der Waals surface area contributed by atoms with Crippen molar-refractivity contribution in [2.45, 2.75) is 27.2 Å². The molecule has 3 heteroatoms. The molecule has 0 amide bonds. The van der Waals surface area contributed by atoms with Crippen molar-refractivity contribution >= 4 is 17.7 Å². The van der Waals surface area contributed by atoms with E-state index in [2.05, 4.69) is 13.8 Å². The first-order chi connectivity index (χ1) is 6.66. The second-order valence-corrected chi connectivity index (χ2v) is 4.56. The molecule has 0 aromatic heterocycles. The van der Waals surface area contributed by atoms with E-state index in [-0.39, 0.29) is 5.97 Å². The lowest BCUT2D eigenvalue weighted by Crippen LogP contribution is -1.99. The highest BCUT2D eigenvalue weighted by atomic mass is 32.2. The maximum absolute atomic E-state index is 10.9. The summed E-state index contributed by atoms with van der Waals surface area (Å²) in [4.78, 5) is 10.9. The molecular formula is C11H20O2S. The number of carbonyl (C=O) groups excluding carboxylic acids is 1. The van der Waals surface area contributed by atoms with Crippen molar-refractivity contribution in [2.24, 2.45) is 5.92 Å². The van der Waals surface area contributed by atoms with Gasteiger partial charge in [-0.05, 0) is 25.0 Å².